The fourth-order valence-corrected chi connectivity index (χ4v) is 6.99. The van der Waals surface area contributed by atoms with Gasteiger partial charge in [-0.15, -0.1) is 0 Å². The Morgan fingerprint density at radius 3 is 1.86 bits per heavy atom. The van der Waals surface area contributed by atoms with Crippen LogP contribution in [0.2, 0.25) is 0 Å². The molecule has 25 nitrogen and oxygen atoms in total. The van der Waals surface area contributed by atoms with Gasteiger partial charge in [0.15, 0.2) is 18.9 Å². The number of carboxylic acid groups (broad SMARTS) is 1. The van der Waals surface area contributed by atoms with Gasteiger partial charge in [-0.3, -0.25) is 9.59 Å². The molecular formula is C31H52N2O23. The Morgan fingerprint density at radius 2 is 1.30 bits per heavy atom. The average Bonchev–Trinajstić information content (AvgIpc) is 3.14. The Labute approximate surface area is 317 Å². The molecule has 4 fully saturated rings. The molecule has 324 valence electrons. The van der Waals surface area contributed by atoms with Gasteiger partial charge in [0.05, 0.1) is 38.1 Å². The third kappa shape index (κ3) is 9.74. The molecule has 4 saturated heterocycles. The van der Waals surface area contributed by atoms with Crippen LogP contribution in [0.1, 0.15) is 27.2 Å². The van der Waals surface area contributed by atoms with Crippen molar-refractivity contribution in [3.8, 4) is 0 Å². The molecule has 4 aliphatic rings. The van der Waals surface area contributed by atoms with E-state index in [0.29, 0.717) is 0 Å². The lowest BCUT2D eigenvalue weighted by atomic mass is 9.88. The highest BCUT2D eigenvalue weighted by atomic mass is 16.8. The van der Waals surface area contributed by atoms with Gasteiger partial charge in [0.25, 0.3) is 5.79 Å². The van der Waals surface area contributed by atoms with Crippen molar-refractivity contribution in [2.45, 2.75) is 155 Å². The van der Waals surface area contributed by atoms with Crippen molar-refractivity contribution >= 4 is 17.8 Å². The van der Waals surface area contributed by atoms with E-state index < -0.39 is 172 Å². The number of carbonyl (C=O) groups excluding carboxylic acids is 2. The standard InChI is InChI=1S/C31H52N2O23/c1-8-17(41)20(44)21(45)28(50-8)54-25-16(33-10(3)38)27(47)51-14(7-36)23(25)53-29-22(46)26(19(43)13(6-35)52-29)56-31(30(48)49)4-11(39)15(32-9(2)37)24(55-31)18(42)12(40)5-34/h8,11-29,34-36,39-47H,4-7H2,1-3H3,(H,32,37)(H,33,38)(H,48,49)/t8-,11-,12+,13+,14+,15+,16+,17+,18+,19-,20+,21-,22+,23+,24+,25+,26-,27+,28+,29-,31-/m0/s1. The third-order valence-electron chi connectivity index (χ3n) is 9.94. The second-order valence-corrected chi connectivity index (χ2v) is 14.0. The Morgan fingerprint density at radius 1 is 0.732 bits per heavy atom. The van der Waals surface area contributed by atoms with Crippen molar-refractivity contribution in [3.05, 3.63) is 0 Å². The van der Waals surface area contributed by atoms with Gasteiger partial charge in [-0.25, -0.2) is 4.79 Å². The van der Waals surface area contributed by atoms with Crippen LogP contribution in [0.25, 0.3) is 0 Å². The number of carbonyl (C=O) groups is 3. The van der Waals surface area contributed by atoms with Gasteiger partial charge in [0, 0.05) is 20.3 Å². The van der Waals surface area contributed by atoms with Gasteiger partial charge in [-0.2, -0.15) is 0 Å². The summed E-state index contributed by atoms with van der Waals surface area (Å²) >= 11 is 0. The first-order valence-electron chi connectivity index (χ1n) is 17.6. The lowest BCUT2D eigenvalue weighted by Gasteiger charge is -2.51. The number of ether oxygens (including phenoxy) is 7. The first-order chi connectivity index (χ1) is 26.2. The van der Waals surface area contributed by atoms with Crippen LogP contribution in [0.3, 0.4) is 0 Å². The Balaban J connectivity index is 1.71. The van der Waals surface area contributed by atoms with Gasteiger partial charge < -0.3 is 110 Å². The molecule has 0 spiro atoms. The van der Waals surface area contributed by atoms with E-state index in [4.69, 9.17) is 33.2 Å². The maximum absolute atomic E-state index is 12.9. The summed E-state index contributed by atoms with van der Waals surface area (Å²) in [6, 6.07) is -3.22. The van der Waals surface area contributed by atoms with E-state index in [2.05, 4.69) is 10.6 Å². The van der Waals surface area contributed by atoms with Crippen LogP contribution in [0.15, 0.2) is 0 Å². The number of aliphatic hydroxyl groups excluding tert-OH is 12. The molecular weight excluding hydrogens is 768 g/mol. The van der Waals surface area contributed by atoms with E-state index in [9.17, 15) is 80.8 Å². The van der Waals surface area contributed by atoms with Gasteiger partial charge in [0.1, 0.15) is 85.4 Å². The van der Waals surface area contributed by atoms with E-state index in [-0.39, 0.29) is 0 Å². The van der Waals surface area contributed by atoms with Crippen molar-refractivity contribution in [1.82, 2.24) is 10.6 Å². The second-order valence-electron chi connectivity index (χ2n) is 14.0. The molecule has 0 saturated carbocycles. The van der Waals surface area contributed by atoms with Gasteiger partial charge in [0.2, 0.25) is 11.8 Å². The molecule has 0 unspecified atom stereocenters. The SMILES string of the molecule is CC(=O)N[C@@H]1[C@@H](O[C@H]2O[C@@H](C)[C@@H](O)[C@@H](O)[C@@H]2O)[C@H](O[C@@H]2O[C@H](CO)[C@H](O)[C@H](O[C@]3(C(=O)O)C[C@H](O)[C@@H](NC(C)=O)[C@H]([C@H](O)[C@H](O)CO)O3)[C@H]2O)[C@@H](CO)O[C@H]1O. The highest BCUT2D eigenvalue weighted by Gasteiger charge is 2.60. The van der Waals surface area contributed by atoms with Crippen LogP contribution in [-0.2, 0) is 47.5 Å². The largest absolute Gasteiger partial charge is 0.477 e. The highest BCUT2D eigenvalue weighted by Crippen LogP contribution is 2.39. The fourth-order valence-electron chi connectivity index (χ4n) is 6.99. The fraction of sp³-hybridized carbons (Fsp3) is 0.903. The zero-order valence-electron chi connectivity index (χ0n) is 30.3. The van der Waals surface area contributed by atoms with Crippen molar-refractivity contribution in [3.63, 3.8) is 0 Å². The summed E-state index contributed by atoms with van der Waals surface area (Å²) in [5.41, 5.74) is 0. The molecule has 0 aliphatic carbocycles. The van der Waals surface area contributed by atoms with Crippen LogP contribution >= 0.6 is 0 Å². The van der Waals surface area contributed by atoms with E-state index in [1.165, 1.54) is 6.92 Å². The summed E-state index contributed by atoms with van der Waals surface area (Å²) in [4.78, 5) is 37.0. The van der Waals surface area contributed by atoms with Crippen molar-refractivity contribution in [2.24, 2.45) is 0 Å². The minimum absolute atomic E-state index is 0.767. The smallest absolute Gasteiger partial charge is 0.364 e. The molecule has 0 aromatic rings. The number of amides is 2. The lowest BCUT2D eigenvalue weighted by Crippen LogP contribution is -2.71. The van der Waals surface area contributed by atoms with Crippen LogP contribution in [-0.4, -0.2) is 232 Å². The van der Waals surface area contributed by atoms with Crippen molar-refractivity contribution in [2.75, 3.05) is 19.8 Å². The normalized spacial score (nSPS) is 45.7. The second kappa shape index (κ2) is 19.1. The van der Waals surface area contributed by atoms with Gasteiger partial charge in [-0.05, 0) is 6.92 Å². The number of carboxylic acids is 1. The van der Waals surface area contributed by atoms with E-state index in [0.717, 1.165) is 13.8 Å². The quantitative estimate of drug-likeness (QED) is 0.0773. The molecule has 2 amide bonds. The number of aliphatic hydroxyl groups is 12. The van der Waals surface area contributed by atoms with E-state index >= 15 is 0 Å². The number of rotatable bonds is 14. The molecule has 15 N–H and O–H groups in total. The van der Waals surface area contributed by atoms with Crippen LogP contribution in [0, 0.1) is 0 Å². The zero-order chi connectivity index (χ0) is 42.0. The Kier molecular flexibility index (Phi) is 15.8. The predicted molar refractivity (Wildman–Crippen MR) is 173 cm³/mol. The van der Waals surface area contributed by atoms with Crippen LogP contribution in [0.5, 0.6) is 0 Å². The first kappa shape index (κ1) is 46.3. The topological polar surface area (TPSA) is 403 Å². The molecule has 0 bridgehead atoms. The van der Waals surface area contributed by atoms with E-state index in [1.54, 1.807) is 0 Å². The highest BCUT2D eigenvalue weighted by molar-refractivity contribution is 5.76. The summed E-state index contributed by atoms with van der Waals surface area (Å²) in [6.07, 6.45) is -35.1. The molecule has 4 heterocycles. The van der Waals surface area contributed by atoms with Crippen molar-refractivity contribution < 1.29 is 114 Å². The molecule has 0 radical (unpaired) electrons. The summed E-state index contributed by atoms with van der Waals surface area (Å²) < 4.78 is 39.7. The van der Waals surface area contributed by atoms with Gasteiger partial charge in [-0.1, -0.05) is 0 Å². The number of hydrogen-bond acceptors (Lipinski definition) is 22. The Hall–Kier alpha value is -2.35. The van der Waals surface area contributed by atoms with E-state index in [1.807, 2.05) is 0 Å². The summed E-state index contributed by atoms with van der Waals surface area (Å²) in [6.45, 7) is 0.283. The molecule has 0 aromatic heterocycles. The Bertz CT molecular complexity index is 1330. The zero-order valence-corrected chi connectivity index (χ0v) is 30.3. The minimum Gasteiger partial charge on any atom is -0.477 e. The van der Waals surface area contributed by atoms with Gasteiger partial charge >= 0.3 is 5.97 Å². The maximum atomic E-state index is 12.9. The maximum Gasteiger partial charge on any atom is 0.364 e. The molecule has 4 rings (SSSR count). The molecule has 4 aliphatic heterocycles. The van der Waals surface area contributed by atoms with Crippen LogP contribution < -0.4 is 10.6 Å². The summed E-state index contributed by atoms with van der Waals surface area (Å²) in [5.74, 6) is -6.69. The summed E-state index contributed by atoms with van der Waals surface area (Å²) in [5, 5.41) is 142. The molecule has 25 heteroatoms. The number of aliphatic carboxylic acids is 1. The molecule has 0 aromatic carbocycles. The summed E-state index contributed by atoms with van der Waals surface area (Å²) in [7, 11) is 0. The lowest BCUT2D eigenvalue weighted by molar-refractivity contribution is -0.390. The minimum atomic E-state index is -3.12. The average molecular weight is 821 g/mol. The number of nitrogens with one attached hydrogen (secondary N) is 2. The van der Waals surface area contributed by atoms with Crippen molar-refractivity contribution in [1.29, 1.82) is 0 Å². The monoisotopic (exact) mass is 820 g/mol. The first-order valence-corrected chi connectivity index (χ1v) is 17.6. The predicted octanol–water partition coefficient (Wildman–Crippen LogP) is -9.23. The molecule has 21 atom stereocenters. The number of hydrogen-bond donors (Lipinski definition) is 15. The van der Waals surface area contributed by atoms with Crippen LogP contribution in [0.4, 0.5) is 0 Å². The molecule has 56 heavy (non-hydrogen) atoms. The third-order valence-corrected chi connectivity index (χ3v) is 9.94.